The van der Waals surface area contributed by atoms with Crippen molar-refractivity contribution in [1.82, 2.24) is 0 Å². The van der Waals surface area contributed by atoms with Crippen LogP contribution in [0.1, 0.15) is 64.7 Å². The molecule has 2 nitrogen and oxygen atoms in total. The van der Waals surface area contributed by atoms with Crippen molar-refractivity contribution in [2.24, 2.45) is 35.0 Å². The van der Waals surface area contributed by atoms with Crippen LogP contribution in [0.3, 0.4) is 0 Å². The van der Waals surface area contributed by atoms with Gasteiger partial charge in [0.2, 0.25) is 0 Å². The van der Waals surface area contributed by atoms with Crippen molar-refractivity contribution in [3.05, 3.63) is 0 Å². The highest BCUT2D eigenvalue weighted by Gasteiger charge is 2.68. The van der Waals surface area contributed by atoms with Gasteiger partial charge in [-0.05, 0) is 87.4 Å². The van der Waals surface area contributed by atoms with Crippen molar-refractivity contribution in [1.29, 1.82) is 0 Å². The molecule has 4 saturated carbocycles. The number of epoxide rings is 1. The summed E-state index contributed by atoms with van der Waals surface area (Å²) in [4.78, 5) is 0. The fraction of sp³-hybridized carbons (Fsp3) is 1.00. The highest BCUT2D eigenvalue weighted by Crippen LogP contribution is 2.68. The van der Waals surface area contributed by atoms with Crippen LogP contribution >= 0.6 is 0 Å². The van der Waals surface area contributed by atoms with Gasteiger partial charge in [0.05, 0.1) is 18.3 Å². The topological polar surface area (TPSA) is 32.8 Å². The highest BCUT2D eigenvalue weighted by molar-refractivity contribution is 5.17. The summed E-state index contributed by atoms with van der Waals surface area (Å²) < 4.78 is 6.00. The van der Waals surface area contributed by atoms with Gasteiger partial charge in [-0.3, -0.25) is 0 Å². The van der Waals surface area contributed by atoms with Crippen LogP contribution in [-0.2, 0) is 4.74 Å². The largest absolute Gasteiger partial charge is 0.393 e. The summed E-state index contributed by atoms with van der Waals surface area (Å²) in [7, 11) is 0. The third-order valence-electron chi connectivity index (χ3n) is 8.66. The first kappa shape index (κ1) is 13.4. The maximum atomic E-state index is 10.00. The molecule has 0 bridgehead atoms. The molecule has 0 aromatic heterocycles. The van der Waals surface area contributed by atoms with Gasteiger partial charge < -0.3 is 9.84 Å². The molecule has 2 heteroatoms. The lowest BCUT2D eigenvalue weighted by molar-refractivity contribution is -0.0661. The second kappa shape index (κ2) is 4.26. The smallest absolute Gasteiger partial charge is 0.0972 e. The van der Waals surface area contributed by atoms with Gasteiger partial charge >= 0.3 is 0 Å². The Balaban J connectivity index is 1.40. The van der Waals surface area contributed by atoms with Crippen LogP contribution in [0.5, 0.6) is 0 Å². The number of fused-ring (bicyclic) bond motifs is 5. The molecule has 8 atom stereocenters. The molecule has 1 N–H and O–H groups in total. The Labute approximate surface area is 128 Å². The van der Waals surface area contributed by atoms with Crippen molar-refractivity contribution in [2.75, 3.05) is 6.61 Å². The van der Waals surface area contributed by atoms with E-state index in [1.54, 1.807) is 0 Å². The predicted octanol–water partition coefficient (Wildman–Crippen LogP) is 3.77. The summed E-state index contributed by atoms with van der Waals surface area (Å²) in [6, 6.07) is 0. The molecular weight excluding hydrogens is 260 g/mol. The minimum Gasteiger partial charge on any atom is -0.393 e. The van der Waals surface area contributed by atoms with Gasteiger partial charge in [-0.2, -0.15) is 0 Å². The SMILES string of the molecule is C[C@]12CC[C@@H]3C[C@@H]4C[C@@H](O)CC[C@H]4C[C@H]3[C@@H]1CCC21CO1. The number of hydrogen-bond acceptors (Lipinski definition) is 2. The number of ether oxygens (including phenoxy) is 1. The van der Waals surface area contributed by atoms with Crippen LogP contribution in [0, 0.1) is 35.0 Å². The standard InChI is InChI=1S/C19H30O2/c1-18-6-4-13-8-14-9-15(20)3-2-12(14)10-16(13)17(18)5-7-19(18)11-21-19/h12-17,20H,2-11H2,1H3/t12-,13+,14+,15-,16+,17-,18-,19?/m0/s1. The molecule has 5 aliphatic rings. The number of aliphatic hydroxyl groups is 1. The van der Waals surface area contributed by atoms with Crippen LogP contribution in [-0.4, -0.2) is 23.4 Å². The van der Waals surface area contributed by atoms with Gasteiger partial charge in [-0.1, -0.05) is 6.92 Å². The molecule has 0 aromatic carbocycles. The van der Waals surface area contributed by atoms with Gasteiger partial charge in [0.1, 0.15) is 0 Å². The van der Waals surface area contributed by atoms with Gasteiger partial charge in [-0.15, -0.1) is 0 Å². The Hall–Kier alpha value is -0.0800. The lowest BCUT2D eigenvalue weighted by Crippen LogP contribution is -2.49. The fourth-order valence-corrected chi connectivity index (χ4v) is 7.31. The van der Waals surface area contributed by atoms with Crippen LogP contribution in [0.25, 0.3) is 0 Å². The average Bonchev–Trinajstić information content (AvgIpc) is 3.20. The first-order chi connectivity index (χ1) is 10.1. The van der Waals surface area contributed by atoms with Crippen molar-refractivity contribution in [3.8, 4) is 0 Å². The number of rotatable bonds is 0. The van der Waals surface area contributed by atoms with Gasteiger partial charge in [0.25, 0.3) is 0 Å². The Morgan fingerprint density at radius 2 is 1.76 bits per heavy atom. The molecule has 1 saturated heterocycles. The molecule has 0 aromatic rings. The maximum absolute atomic E-state index is 10.00. The summed E-state index contributed by atoms with van der Waals surface area (Å²) in [5.74, 6) is 4.64. The molecular formula is C19H30O2. The van der Waals surface area contributed by atoms with Gasteiger partial charge in [-0.25, -0.2) is 0 Å². The second-order valence-electron chi connectivity index (χ2n) is 9.27. The van der Waals surface area contributed by atoms with Gasteiger partial charge in [0.15, 0.2) is 0 Å². The molecule has 0 amide bonds. The summed E-state index contributed by atoms with van der Waals surface area (Å²) in [5.41, 5.74) is 0.803. The molecule has 1 heterocycles. The summed E-state index contributed by atoms with van der Waals surface area (Å²) in [6.07, 6.45) is 12.0. The predicted molar refractivity (Wildman–Crippen MR) is 81.8 cm³/mol. The first-order valence-corrected chi connectivity index (χ1v) is 9.43. The van der Waals surface area contributed by atoms with E-state index in [4.69, 9.17) is 4.74 Å². The molecule has 118 valence electrons. The van der Waals surface area contributed by atoms with Crippen LogP contribution in [0.4, 0.5) is 0 Å². The van der Waals surface area contributed by atoms with Crippen LogP contribution in [0.15, 0.2) is 0 Å². The van der Waals surface area contributed by atoms with E-state index in [0.717, 1.165) is 49.0 Å². The summed E-state index contributed by atoms with van der Waals surface area (Å²) in [6.45, 7) is 3.61. The normalized spacial score (nSPS) is 62.0. The summed E-state index contributed by atoms with van der Waals surface area (Å²) >= 11 is 0. The molecule has 5 fully saturated rings. The Morgan fingerprint density at radius 1 is 0.905 bits per heavy atom. The lowest BCUT2D eigenvalue weighted by Gasteiger charge is -2.54. The summed E-state index contributed by atoms with van der Waals surface area (Å²) in [5, 5.41) is 10.00. The van der Waals surface area contributed by atoms with E-state index in [-0.39, 0.29) is 6.10 Å². The zero-order valence-electron chi connectivity index (χ0n) is 13.4. The van der Waals surface area contributed by atoms with Crippen molar-refractivity contribution in [3.63, 3.8) is 0 Å². The second-order valence-corrected chi connectivity index (χ2v) is 9.27. The van der Waals surface area contributed by atoms with E-state index in [0.29, 0.717) is 11.0 Å². The van der Waals surface area contributed by atoms with Crippen molar-refractivity contribution >= 4 is 0 Å². The zero-order valence-corrected chi connectivity index (χ0v) is 13.4. The zero-order chi connectivity index (χ0) is 14.2. The number of hydrogen-bond donors (Lipinski definition) is 1. The van der Waals surface area contributed by atoms with E-state index >= 15 is 0 Å². The Kier molecular flexibility index (Phi) is 2.71. The van der Waals surface area contributed by atoms with Crippen molar-refractivity contribution < 1.29 is 9.84 Å². The Bertz CT molecular complexity index is 443. The van der Waals surface area contributed by atoms with E-state index < -0.39 is 0 Å². The fourth-order valence-electron chi connectivity index (χ4n) is 7.31. The molecule has 1 unspecified atom stereocenters. The Morgan fingerprint density at radius 3 is 2.57 bits per heavy atom. The van der Waals surface area contributed by atoms with E-state index in [1.807, 2.05) is 0 Å². The minimum absolute atomic E-state index is 0.00581. The van der Waals surface area contributed by atoms with Gasteiger partial charge in [0, 0.05) is 5.41 Å². The number of aliphatic hydroxyl groups excluding tert-OH is 1. The quantitative estimate of drug-likeness (QED) is 0.689. The molecule has 5 rings (SSSR count). The average molecular weight is 290 g/mol. The van der Waals surface area contributed by atoms with Crippen LogP contribution in [0.2, 0.25) is 0 Å². The molecule has 0 radical (unpaired) electrons. The highest BCUT2D eigenvalue weighted by atomic mass is 16.6. The third kappa shape index (κ3) is 1.72. The van der Waals surface area contributed by atoms with Crippen molar-refractivity contribution in [2.45, 2.75) is 76.4 Å². The molecule has 1 aliphatic heterocycles. The van der Waals surface area contributed by atoms with Crippen LogP contribution < -0.4 is 0 Å². The maximum Gasteiger partial charge on any atom is 0.0972 e. The van der Waals surface area contributed by atoms with E-state index in [2.05, 4.69) is 6.92 Å². The monoisotopic (exact) mass is 290 g/mol. The first-order valence-electron chi connectivity index (χ1n) is 9.43. The molecule has 4 aliphatic carbocycles. The lowest BCUT2D eigenvalue weighted by atomic mass is 9.51. The minimum atomic E-state index is 0.00581. The molecule has 21 heavy (non-hydrogen) atoms. The van der Waals surface area contributed by atoms with E-state index in [1.165, 1.54) is 44.9 Å². The molecule has 1 spiro atoms. The third-order valence-corrected chi connectivity index (χ3v) is 8.66. The van der Waals surface area contributed by atoms with E-state index in [9.17, 15) is 5.11 Å².